The first kappa shape index (κ1) is 19.3. The topological polar surface area (TPSA) is 98.4 Å². The summed E-state index contributed by atoms with van der Waals surface area (Å²) in [4.78, 5) is 10.2. The lowest BCUT2D eigenvalue weighted by Crippen LogP contribution is -2.36. The summed E-state index contributed by atoms with van der Waals surface area (Å²) >= 11 is 0. The molecule has 1 fully saturated rings. The molecule has 7 nitrogen and oxygen atoms in total. The first-order valence-electron chi connectivity index (χ1n) is 9.00. The zero-order valence-electron chi connectivity index (χ0n) is 15.5. The van der Waals surface area contributed by atoms with E-state index in [1.165, 1.54) is 12.1 Å². The molecule has 0 saturated carbocycles. The van der Waals surface area contributed by atoms with E-state index in [4.69, 9.17) is 10.5 Å². The summed E-state index contributed by atoms with van der Waals surface area (Å²) in [6.45, 7) is 2.43. The maximum atomic E-state index is 13.3. The Morgan fingerprint density at radius 1 is 0.931 bits per heavy atom. The molecule has 1 aromatic heterocycles. The molecule has 0 amide bonds. The second-order valence-electron chi connectivity index (χ2n) is 6.60. The standard InChI is InChI=1S/C20H19FN4O3S/c21-16-1-3-18(4-2-16)29(26,27)19-10-14(15-12-23-20(22)24-13-15)9-17(11-19)25-5-7-28-8-6-25/h1-4,9-13H,5-8H2,(H2,22,23,24). The van der Waals surface area contributed by atoms with E-state index >= 15 is 0 Å². The summed E-state index contributed by atoms with van der Waals surface area (Å²) in [5.41, 5.74) is 7.61. The lowest BCUT2D eigenvalue weighted by atomic mass is 10.1. The largest absolute Gasteiger partial charge is 0.378 e. The van der Waals surface area contributed by atoms with E-state index in [-0.39, 0.29) is 15.7 Å². The predicted octanol–water partition coefficient (Wildman–Crippen LogP) is 2.53. The Balaban J connectivity index is 1.84. The lowest BCUT2D eigenvalue weighted by molar-refractivity contribution is 0.122. The number of hydrogen-bond donors (Lipinski definition) is 1. The highest BCUT2D eigenvalue weighted by atomic mass is 32.2. The number of anilines is 2. The van der Waals surface area contributed by atoms with E-state index in [1.807, 2.05) is 6.07 Å². The summed E-state index contributed by atoms with van der Waals surface area (Å²) in [5, 5.41) is 0. The first-order chi connectivity index (χ1) is 13.9. The molecule has 2 aromatic carbocycles. The van der Waals surface area contributed by atoms with Gasteiger partial charge in [0.15, 0.2) is 0 Å². The van der Waals surface area contributed by atoms with Crippen molar-refractivity contribution in [2.45, 2.75) is 9.79 Å². The lowest BCUT2D eigenvalue weighted by Gasteiger charge is -2.29. The minimum atomic E-state index is -3.85. The Morgan fingerprint density at radius 3 is 2.24 bits per heavy atom. The van der Waals surface area contributed by atoms with Crippen molar-refractivity contribution in [3.8, 4) is 11.1 Å². The Bertz CT molecular complexity index is 1110. The minimum absolute atomic E-state index is 0.0255. The highest BCUT2D eigenvalue weighted by molar-refractivity contribution is 7.91. The van der Waals surface area contributed by atoms with Gasteiger partial charge < -0.3 is 15.4 Å². The van der Waals surface area contributed by atoms with E-state index < -0.39 is 15.7 Å². The highest BCUT2D eigenvalue weighted by Crippen LogP contribution is 2.32. The van der Waals surface area contributed by atoms with Gasteiger partial charge in [-0.3, -0.25) is 0 Å². The number of sulfone groups is 1. The van der Waals surface area contributed by atoms with E-state index in [9.17, 15) is 12.8 Å². The molecule has 2 N–H and O–H groups in total. The fraction of sp³-hybridized carbons (Fsp3) is 0.200. The van der Waals surface area contributed by atoms with Crippen LogP contribution in [0.15, 0.2) is 64.6 Å². The van der Waals surface area contributed by atoms with Gasteiger partial charge in [-0.2, -0.15) is 0 Å². The maximum absolute atomic E-state index is 13.3. The summed E-state index contributed by atoms with van der Waals surface area (Å²) < 4.78 is 45.1. The SMILES string of the molecule is Nc1ncc(-c2cc(N3CCOCC3)cc(S(=O)(=O)c3ccc(F)cc3)c2)cn1. The molecule has 29 heavy (non-hydrogen) atoms. The van der Waals surface area contributed by atoms with E-state index in [0.717, 1.165) is 17.8 Å². The fourth-order valence-corrected chi connectivity index (χ4v) is 4.47. The molecule has 9 heteroatoms. The van der Waals surface area contributed by atoms with Crippen LogP contribution in [0.25, 0.3) is 11.1 Å². The normalized spacial score (nSPS) is 14.7. The van der Waals surface area contributed by atoms with Gasteiger partial charge in [-0.05, 0) is 48.0 Å². The van der Waals surface area contributed by atoms with E-state index in [2.05, 4.69) is 14.9 Å². The Hall–Kier alpha value is -3.04. The van der Waals surface area contributed by atoms with E-state index in [0.29, 0.717) is 37.4 Å². The van der Waals surface area contributed by atoms with Gasteiger partial charge in [0, 0.05) is 36.7 Å². The smallest absolute Gasteiger partial charge is 0.219 e. The van der Waals surface area contributed by atoms with Gasteiger partial charge in [-0.15, -0.1) is 0 Å². The van der Waals surface area contributed by atoms with Gasteiger partial charge in [0.1, 0.15) is 5.82 Å². The molecule has 0 aliphatic carbocycles. The highest BCUT2D eigenvalue weighted by Gasteiger charge is 2.22. The molecule has 0 bridgehead atoms. The van der Waals surface area contributed by atoms with Gasteiger partial charge >= 0.3 is 0 Å². The summed E-state index contributed by atoms with van der Waals surface area (Å²) in [6.07, 6.45) is 3.10. The second-order valence-corrected chi connectivity index (χ2v) is 8.55. The number of ether oxygens (including phenoxy) is 1. The molecular weight excluding hydrogens is 395 g/mol. The fourth-order valence-electron chi connectivity index (χ4n) is 3.15. The second kappa shape index (κ2) is 7.76. The van der Waals surface area contributed by atoms with Crippen LogP contribution >= 0.6 is 0 Å². The predicted molar refractivity (Wildman–Crippen MR) is 107 cm³/mol. The van der Waals surface area contributed by atoms with Crippen molar-refractivity contribution in [1.29, 1.82) is 0 Å². The average molecular weight is 414 g/mol. The van der Waals surface area contributed by atoms with Crippen molar-refractivity contribution in [1.82, 2.24) is 9.97 Å². The number of nitrogen functional groups attached to an aromatic ring is 1. The number of morpholine rings is 1. The molecule has 4 rings (SSSR count). The van der Waals surface area contributed by atoms with E-state index in [1.54, 1.807) is 24.5 Å². The van der Waals surface area contributed by atoms with Gasteiger partial charge in [0.05, 0.1) is 23.0 Å². The third-order valence-electron chi connectivity index (χ3n) is 4.71. The van der Waals surface area contributed by atoms with Crippen molar-refractivity contribution in [2.24, 2.45) is 0 Å². The molecule has 0 spiro atoms. The number of aromatic nitrogens is 2. The van der Waals surface area contributed by atoms with Crippen molar-refractivity contribution in [3.05, 3.63) is 60.7 Å². The minimum Gasteiger partial charge on any atom is -0.378 e. The number of nitrogens with two attached hydrogens (primary N) is 1. The van der Waals surface area contributed by atoms with Crippen LogP contribution in [0.4, 0.5) is 16.0 Å². The quantitative estimate of drug-likeness (QED) is 0.655. The van der Waals surface area contributed by atoms with Crippen LogP contribution in [-0.2, 0) is 14.6 Å². The third kappa shape index (κ3) is 4.06. The molecular formula is C20H19FN4O3S. The van der Waals surface area contributed by atoms with Crippen molar-refractivity contribution in [3.63, 3.8) is 0 Å². The maximum Gasteiger partial charge on any atom is 0.219 e. The summed E-state index contributed by atoms with van der Waals surface area (Å²) in [5.74, 6) is -0.358. The molecule has 0 atom stereocenters. The number of rotatable bonds is 4. The van der Waals surface area contributed by atoms with Crippen LogP contribution in [0.3, 0.4) is 0 Å². The van der Waals surface area contributed by atoms with Crippen molar-refractivity contribution in [2.75, 3.05) is 36.9 Å². The zero-order chi connectivity index (χ0) is 20.4. The Kier molecular flexibility index (Phi) is 5.16. The van der Waals surface area contributed by atoms with Gasteiger partial charge in [0.25, 0.3) is 0 Å². The average Bonchev–Trinajstić information content (AvgIpc) is 2.75. The molecule has 3 aromatic rings. The van der Waals surface area contributed by atoms with Crippen LogP contribution in [0, 0.1) is 5.82 Å². The Labute approximate surface area is 167 Å². The van der Waals surface area contributed by atoms with Gasteiger partial charge in [-0.25, -0.2) is 22.8 Å². The molecule has 150 valence electrons. The van der Waals surface area contributed by atoms with Crippen LogP contribution in [0.5, 0.6) is 0 Å². The summed E-state index contributed by atoms with van der Waals surface area (Å²) in [7, 11) is -3.85. The van der Waals surface area contributed by atoms with Crippen LogP contribution in [-0.4, -0.2) is 44.7 Å². The number of hydrogen-bond acceptors (Lipinski definition) is 7. The van der Waals surface area contributed by atoms with Crippen LogP contribution in [0.2, 0.25) is 0 Å². The molecule has 0 unspecified atom stereocenters. The monoisotopic (exact) mass is 414 g/mol. The van der Waals surface area contributed by atoms with Crippen molar-refractivity contribution < 1.29 is 17.5 Å². The number of benzene rings is 2. The Morgan fingerprint density at radius 2 is 1.59 bits per heavy atom. The van der Waals surface area contributed by atoms with Crippen molar-refractivity contribution >= 4 is 21.5 Å². The molecule has 1 saturated heterocycles. The third-order valence-corrected chi connectivity index (χ3v) is 6.46. The molecule has 1 aliphatic heterocycles. The number of nitrogens with zero attached hydrogens (tertiary/aromatic N) is 3. The zero-order valence-corrected chi connectivity index (χ0v) is 16.3. The van der Waals surface area contributed by atoms with Gasteiger partial charge in [-0.1, -0.05) is 0 Å². The molecule has 2 heterocycles. The number of halogens is 1. The van der Waals surface area contributed by atoms with Crippen LogP contribution in [0.1, 0.15) is 0 Å². The molecule has 0 radical (unpaired) electrons. The summed E-state index contributed by atoms with van der Waals surface area (Å²) in [6, 6.07) is 9.88. The molecule has 1 aliphatic rings. The first-order valence-corrected chi connectivity index (χ1v) is 10.5. The van der Waals surface area contributed by atoms with Gasteiger partial charge in [0.2, 0.25) is 15.8 Å². The van der Waals surface area contributed by atoms with Crippen LogP contribution < -0.4 is 10.6 Å².